The molecule has 2 aromatic carbocycles. The average Bonchev–Trinajstić information content (AvgIpc) is 1.59. The van der Waals surface area contributed by atoms with Crippen molar-refractivity contribution in [1.82, 2.24) is 51.0 Å². The van der Waals surface area contributed by atoms with Gasteiger partial charge >= 0.3 is 43.0 Å². The van der Waals surface area contributed by atoms with Crippen LogP contribution in [0.25, 0.3) is 43.2 Å². The van der Waals surface area contributed by atoms with Gasteiger partial charge in [0.1, 0.15) is 71.0 Å². The molecule has 6 aromatic rings. The summed E-state index contributed by atoms with van der Waals surface area (Å²) in [4.78, 5) is 133. The van der Waals surface area contributed by atoms with Gasteiger partial charge in [-0.05, 0) is 157 Å². The van der Waals surface area contributed by atoms with E-state index < -0.39 is 95.2 Å². The normalized spacial score (nSPS) is 27.3. The van der Waals surface area contributed by atoms with Crippen molar-refractivity contribution < 1.29 is 97.0 Å². The summed E-state index contributed by atoms with van der Waals surface area (Å²) in [6, 6.07) is 18.9. The van der Waals surface area contributed by atoms with Crippen LogP contribution in [0, 0.1) is 11.8 Å². The Balaban J connectivity index is 0.000000215. The Morgan fingerprint density at radius 3 is 1.38 bits per heavy atom. The monoisotopic (exact) mass is 1440 g/mol. The molecule has 4 aromatic heterocycles. The molecule has 8 N–H and O–H groups in total. The van der Waals surface area contributed by atoms with Crippen molar-refractivity contribution in [2.75, 3.05) is 19.7 Å². The van der Waals surface area contributed by atoms with Gasteiger partial charge in [0, 0.05) is 24.7 Å². The van der Waals surface area contributed by atoms with Crippen LogP contribution in [0.2, 0.25) is 0 Å². The third kappa shape index (κ3) is 18.0. The molecule has 0 unspecified atom stereocenters. The second kappa shape index (κ2) is 34.8. The molecule has 4 saturated carbocycles. The van der Waals surface area contributed by atoms with E-state index in [1.807, 2.05) is 102 Å². The number of carboxylic acids is 1. The number of aliphatic carboxylic acids is 1. The van der Waals surface area contributed by atoms with Gasteiger partial charge in [-0.25, -0.2) is 39.1 Å². The fourth-order valence-corrected chi connectivity index (χ4v) is 16.2. The Labute approximate surface area is 617 Å². The van der Waals surface area contributed by atoms with Crippen molar-refractivity contribution in [3.63, 3.8) is 0 Å². The van der Waals surface area contributed by atoms with Gasteiger partial charge in [0.25, 0.3) is 0 Å². The van der Waals surface area contributed by atoms with E-state index in [9.17, 15) is 43.5 Å². The molecule has 26 nitrogen and oxygen atoms in total. The number of amides is 6. The largest absolute Gasteiger partial charge is 1.00 e. The zero-order chi connectivity index (χ0) is 69.3. The number of carbonyl (C=O) groups is 8. The number of alkyl carbamates (subject to hydrolysis) is 2. The first-order valence-corrected chi connectivity index (χ1v) is 37.3. The molecule has 544 valence electrons. The number of aromatic nitrogens is 4. The third-order valence-electron chi connectivity index (χ3n) is 20.4. The molecule has 6 amide bonds. The summed E-state index contributed by atoms with van der Waals surface area (Å²) in [6.07, 6.45) is 20.3. The molecule has 0 bridgehead atoms. The van der Waals surface area contributed by atoms with Crippen molar-refractivity contribution in [2.24, 2.45) is 11.8 Å². The van der Waals surface area contributed by atoms with Crippen LogP contribution in [0.4, 0.5) is 9.59 Å². The fourth-order valence-electron chi connectivity index (χ4n) is 14.8. The number of para-hydroxylation sites is 4. The SMILES string of the molecule is CCOC(=O)[C@@]12C[C@H]1/C=C\CCCCC[C@H](NC(=O)OC1CCCC1)C(=O)N1C[C@H](Oc3nc4ccccc4nc3-c3cccs3)C[C@H]1C(=O)N2.O.O=C(N[C@H]1CCCCC/C=C\[C@@H]2C[C@@]2(C(=O)O)NC(=O)[C@@H]2C[C@@H](Oc3nc4ccccc4nc3-c3cccs3)CN2C1=O)OC1CCCC1.[Li+].[OH-]. The van der Waals surface area contributed by atoms with E-state index in [2.05, 4.69) is 27.3 Å². The zero-order valence-corrected chi connectivity index (χ0v) is 59.7. The Morgan fingerprint density at radius 1 is 0.553 bits per heavy atom. The van der Waals surface area contributed by atoms with E-state index in [4.69, 9.17) is 43.6 Å². The number of hydrogen-bond donors (Lipinski definition) is 5. The van der Waals surface area contributed by atoms with E-state index in [0.717, 1.165) is 105 Å². The van der Waals surface area contributed by atoms with E-state index in [0.29, 0.717) is 65.9 Å². The first-order chi connectivity index (χ1) is 48.6. The number of nitrogens with zero attached hydrogens (tertiary/aromatic N) is 6. The molecule has 14 rings (SSSR count). The molecule has 29 heteroatoms. The summed E-state index contributed by atoms with van der Waals surface area (Å²) >= 11 is 3.01. The van der Waals surface area contributed by atoms with E-state index in [1.165, 1.54) is 32.5 Å². The molecule has 8 aliphatic rings. The molecule has 2 saturated heterocycles. The molecular weight excluding hydrogens is 1360 g/mol. The minimum atomic E-state index is -1.43. The Kier molecular flexibility index (Phi) is 26.1. The predicted molar refractivity (Wildman–Crippen MR) is 378 cm³/mol. The Morgan fingerprint density at radius 2 is 0.961 bits per heavy atom. The second-order valence-corrected chi connectivity index (χ2v) is 29.3. The molecule has 0 radical (unpaired) electrons. The quantitative estimate of drug-likeness (QED) is 0.0338. The second-order valence-electron chi connectivity index (χ2n) is 27.4. The van der Waals surface area contributed by atoms with Gasteiger partial charge in [-0.2, -0.15) is 0 Å². The molecule has 4 aliphatic heterocycles. The number of hydrogen-bond acceptors (Lipinski definition) is 20. The number of rotatable bonds is 13. The van der Waals surface area contributed by atoms with Crippen molar-refractivity contribution in [3.8, 4) is 32.9 Å². The van der Waals surface area contributed by atoms with Crippen LogP contribution in [-0.2, 0) is 43.0 Å². The number of esters is 1. The van der Waals surface area contributed by atoms with Gasteiger partial charge in [-0.3, -0.25) is 19.2 Å². The minimum absolute atomic E-state index is 0. The van der Waals surface area contributed by atoms with E-state index >= 15 is 0 Å². The average molecular weight is 1450 g/mol. The van der Waals surface area contributed by atoms with Crippen molar-refractivity contribution in [2.45, 2.75) is 208 Å². The van der Waals surface area contributed by atoms with E-state index in [-0.39, 0.29) is 98.7 Å². The van der Waals surface area contributed by atoms with Crippen LogP contribution >= 0.6 is 22.7 Å². The number of nitrogens with one attached hydrogen (secondary N) is 4. The molecule has 103 heavy (non-hydrogen) atoms. The summed E-state index contributed by atoms with van der Waals surface area (Å²) in [6.45, 7) is 2.02. The van der Waals surface area contributed by atoms with Crippen LogP contribution in [0.15, 0.2) is 108 Å². The molecule has 6 fully saturated rings. The summed E-state index contributed by atoms with van der Waals surface area (Å²) in [5.74, 6) is -3.39. The van der Waals surface area contributed by atoms with Gasteiger partial charge < -0.3 is 70.8 Å². The third-order valence-corrected chi connectivity index (χ3v) is 22.1. The zero-order valence-electron chi connectivity index (χ0n) is 58.0. The number of carbonyl (C=O) groups excluding carboxylic acids is 7. The van der Waals surface area contributed by atoms with E-state index in [1.54, 1.807) is 6.92 Å². The summed E-state index contributed by atoms with van der Waals surface area (Å²) < 4.78 is 29.9. The number of benzene rings is 2. The van der Waals surface area contributed by atoms with Crippen molar-refractivity contribution in [1.29, 1.82) is 0 Å². The maximum Gasteiger partial charge on any atom is 1.00 e. The molecule has 4 aliphatic carbocycles. The maximum atomic E-state index is 14.5. The Bertz CT molecular complexity index is 4040. The minimum Gasteiger partial charge on any atom is -0.870 e. The summed E-state index contributed by atoms with van der Waals surface area (Å²) in [5, 5.41) is 25.6. The van der Waals surface area contributed by atoms with Gasteiger partial charge in [-0.15, -0.1) is 22.7 Å². The number of ether oxygens (including phenoxy) is 5. The van der Waals surface area contributed by atoms with Gasteiger partial charge in [0.2, 0.25) is 35.4 Å². The van der Waals surface area contributed by atoms with Crippen LogP contribution in [0.5, 0.6) is 11.8 Å². The molecule has 8 heterocycles. The molecular formula is C74H89LiN10O16S2. The van der Waals surface area contributed by atoms with Gasteiger partial charge in [0.15, 0.2) is 0 Å². The number of thiophene rings is 2. The topological polar surface area (TPSA) is 371 Å². The van der Waals surface area contributed by atoms with Crippen LogP contribution in [0.1, 0.15) is 148 Å². The first kappa shape index (κ1) is 77.1. The van der Waals surface area contributed by atoms with Crippen LogP contribution in [-0.4, -0.2) is 173 Å². The smallest absolute Gasteiger partial charge is 0.870 e. The molecule has 10 atom stereocenters. The number of carboxylic acid groups (broad SMARTS) is 1. The van der Waals surface area contributed by atoms with Crippen molar-refractivity contribution >= 4 is 92.5 Å². The standard InChI is InChI=1S/C38H45N5O7S.C36H41N5O7S.Li.2H2O/c1-2-48-36(46)38-22-24(38)13-6-4-3-5-7-18-29(41-37(47)50-25-14-8-9-15-25)35(45)43-23-26(21-30(43)33(44)42-38)49-34-32(31-19-12-20-51-31)39-27-16-10-11-17-28(27)40-34;42-31-28-19-24(47-32-30(29-17-10-18-49-29)37-25-14-8-9-15-26(25)38-32)21-41(28)33(43)27(39-35(46)48-23-12-6-7-13-23)16-5-3-1-2-4-11-22-20-36(22,40-31)34(44)45;;;/h6,10-13,16-17,19-20,24-26,29-30H,2-5,7-9,14-15,18,21-23H2,1H3,(H,41,47)(H,42,44);4,8-11,14-15,17-18,22-24,27-28H,1-3,5-7,12-13,16,19-21H2,(H,39,46)(H,40,42)(H,44,45);;2*1H2/q;;+1;;/p-1/b13-6-;11-4-;;;/t24-,26-,29+,30+,38-;22-,24-,27+,28+,36-;;;/m11.../s1. The van der Waals surface area contributed by atoms with Gasteiger partial charge in [-0.1, -0.05) is 86.4 Å². The number of fused-ring (bicyclic) bond motifs is 6. The predicted octanol–water partition coefficient (Wildman–Crippen LogP) is 6.93. The van der Waals surface area contributed by atoms with Gasteiger partial charge in [0.05, 0.1) is 51.5 Å². The Hall–Kier alpha value is -8.52. The van der Waals surface area contributed by atoms with Crippen LogP contribution in [0.3, 0.4) is 0 Å². The summed E-state index contributed by atoms with van der Waals surface area (Å²) in [5.41, 5.74) is 1.23. The first-order valence-electron chi connectivity index (χ1n) is 35.5. The maximum absolute atomic E-state index is 14.5. The number of allylic oxidation sites excluding steroid dienone is 2. The summed E-state index contributed by atoms with van der Waals surface area (Å²) in [7, 11) is 0. The fraction of sp³-hybridized carbons (Fsp3) is 0.514. The van der Waals surface area contributed by atoms with Crippen LogP contribution < -0.4 is 49.6 Å². The van der Waals surface area contributed by atoms with Crippen molar-refractivity contribution in [3.05, 3.63) is 108 Å². The molecule has 0 spiro atoms.